The van der Waals surface area contributed by atoms with Crippen LogP contribution in [0.2, 0.25) is 0 Å². The molecule has 0 aliphatic heterocycles. The SMILES string of the molecule is CCNC(COC(C)(C)C)c1cc(C)ccc1OC. The molecule has 1 unspecified atom stereocenters. The fraction of sp³-hybridized carbons (Fsp3) is 0.625. The predicted molar refractivity (Wildman–Crippen MR) is 79.9 cm³/mol. The van der Waals surface area contributed by atoms with Crippen LogP contribution in [0.4, 0.5) is 0 Å². The van der Waals surface area contributed by atoms with Gasteiger partial charge in [0.15, 0.2) is 0 Å². The minimum atomic E-state index is -0.134. The third-order valence-electron chi connectivity index (χ3n) is 2.89. The Labute approximate surface area is 117 Å². The molecule has 0 spiro atoms. The number of aryl methyl sites for hydroxylation is 1. The maximum atomic E-state index is 5.92. The summed E-state index contributed by atoms with van der Waals surface area (Å²) < 4.78 is 11.4. The highest BCUT2D eigenvalue weighted by Crippen LogP contribution is 2.27. The van der Waals surface area contributed by atoms with Crippen molar-refractivity contribution in [1.29, 1.82) is 0 Å². The number of rotatable bonds is 6. The van der Waals surface area contributed by atoms with Crippen molar-refractivity contribution >= 4 is 0 Å². The zero-order valence-corrected chi connectivity index (χ0v) is 13.0. The highest BCUT2D eigenvalue weighted by molar-refractivity contribution is 5.39. The Hall–Kier alpha value is -1.06. The molecule has 1 N–H and O–H groups in total. The van der Waals surface area contributed by atoms with Crippen molar-refractivity contribution in [3.63, 3.8) is 0 Å². The van der Waals surface area contributed by atoms with Crippen molar-refractivity contribution in [2.75, 3.05) is 20.3 Å². The molecule has 0 aliphatic rings. The van der Waals surface area contributed by atoms with Gasteiger partial charge in [0.1, 0.15) is 5.75 Å². The molecule has 0 amide bonds. The summed E-state index contributed by atoms with van der Waals surface area (Å²) in [5.41, 5.74) is 2.26. The average molecular weight is 265 g/mol. The fourth-order valence-corrected chi connectivity index (χ4v) is 1.96. The van der Waals surface area contributed by atoms with Gasteiger partial charge in [0.05, 0.1) is 25.4 Å². The Morgan fingerprint density at radius 1 is 1.26 bits per heavy atom. The van der Waals surface area contributed by atoms with Crippen molar-refractivity contribution in [3.8, 4) is 5.75 Å². The maximum Gasteiger partial charge on any atom is 0.123 e. The Balaban J connectivity index is 2.94. The average Bonchev–Trinajstić information content (AvgIpc) is 2.33. The molecule has 1 aromatic carbocycles. The lowest BCUT2D eigenvalue weighted by Gasteiger charge is -2.26. The lowest BCUT2D eigenvalue weighted by molar-refractivity contribution is -0.0148. The van der Waals surface area contributed by atoms with E-state index in [0.29, 0.717) is 6.61 Å². The highest BCUT2D eigenvalue weighted by atomic mass is 16.5. The van der Waals surface area contributed by atoms with E-state index >= 15 is 0 Å². The van der Waals surface area contributed by atoms with Crippen LogP contribution in [-0.2, 0) is 4.74 Å². The Morgan fingerprint density at radius 3 is 2.47 bits per heavy atom. The van der Waals surface area contributed by atoms with Crippen molar-refractivity contribution in [2.45, 2.75) is 46.3 Å². The molecular formula is C16H27NO2. The Bertz CT molecular complexity index is 396. The lowest BCUT2D eigenvalue weighted by atomic mass is 10.0. The van der Waals surface area contributed by atoms with Crippen LogP contribution < -0.4 is 10.1 Å². The third kappa shape index (κ3) is 5.21. The molecule has 0 saturated heterocycles. The number of nitrogens with one attached hydrogen (secondary N) is 1. The molecule has 108 valence electrons. The van der Waals surface area contributed by atoms with Gasteiger partial charge >= 0.3 is 0 Å². The molecule has 0 aromatic heterocycles. The van der Waals surface area contributed by atoms with Crippen molar-refractivity contribution in [2.24, 2.45) is 0 Å². The normalized spacial score (nSPS) is 13.4. The van der Waals surface area contributed by atoms with Gasteiger partial charge in [0, 0.05) is 5.56 Å². The molecule has 0 radical (unpaired) electrons. The van der Waals surface area contributed by atoms with E-state index in [1.807, 2.05) is 6.07 Å². The molecule has 3 heteroatoms. The quantitative estimate of drug-likeness (QED) is 0.854. The maximum absolute atomic E-state index is 5.92. The van der Waals surface area contributed by atoms with Gasteiger partial charge in [0.25, 0.3) is 0 Å². The zero-order chi connectivity index (χ0) is 14.5. The molecule has 0 fully saturated rings. The second-order valence-corrected chi connectivity index (χ2v) is 5.78. The van der Waals surface area contributed by atoms with Crippen LogP contribution in [0.5, 0.6) is 5.75 Å². The molecule has 0 heterocycles. The first-order valence-electron chi connectivity index (χ1n) is 6.89. The molecule has 19 heavy (non-hydrogen) atoms. The van der Waals surface area contributed by atoms with Crippen LogP contribution in [0.25, 0.3) is 0 Å². The van der Waals surface area contributed by atoms with Crippen LogP contribution in [0.3, 0.4) is 0 Å². The van der Waals surface area contributed by atoms with Gasteiger partial charge in [-0.3, -0.25) is 0 Å². The summed E-state index contributed by atoms with van der Waals surface area (Å²) in [4.78, 5) is 0. The van der Waals surface area contributed by atoms with E-state index in [0.717, 1.165) is 17.9 Å². The molecule has 0 bridgehead atoms. The van der Waals surface area contributed by atoms with E-state index < -0.39 is 0 Å². The van der Waals surface area contributed by atoms with Crippen LogP contribution in [0, 0.1) is 6.92 Å². The summed E-state index contributed by atoms with van der Waals surface area (Å²) in [7, 11) is 1.71. The first kappa shape index (κ1) is 16.0. The van der Waals surface area contributed by atoms with Crippen molar-refractivity contribution in [3.05, 3.63) is 29.3 Å². The molecule has 1 aromatic rings. The number of likely N-dealkylation sites (N-methyl/N-ethyl adjacent to an activating group) is 1. The summed E-state index contributed by atoms with van der Waals surface area (Å²) >= 11 is 0. The van der Waals surface area contributed by atoms with Crippen LogP contribution >= 0.6 is 0 Å². The van der Waals surface area contributed by atoms with E-state index in [1.165, 1.54) is 5.56 Å². The third-order valence-corrected chi connectivity index (χ3v) is 2.89. The summed E-state index contributed by atoms with van der Waals surface area (Å²) in [5, 5.41) is 3.47. The number of ether oxygens (including phenoxy) is 2. The zero-order valence-electron chi connectivity index (χ0n) is 13.0. The topological polar surface area (TPSA) is 30.5 Å². The van der Waals surface area contributed by atoms with Crippen LogP contribution in [-0.4, -0.2) is 25.9 Å². The van der Waals surface area contributed by atoms with Gasteiger partial charge in [-0.1, -0.05) is 24.6 Å². The van der Waals surface area contributed by atoms with Gasteiger partial charge in [-0.2, -0.15) is 0 Å². The number of hydrogen-bond acceptors (Lipinski definition) is 3. The van der Waals surface area contributed by atoms with Gasteiger partial charge in [0.2, 0.25) is 0 Å². The Kier molecular flexibility index (Phi) is 5.83. The van der Waals surface area contributed by atoms with E-state index in [-0.39, 0.29) is 11.6 Å². The van der Waals surface area contributed by atoms with E-state index in [4.69, 9.17) is 9.47 Å². The highest BCUT2D eigenvalue weighted by Gasteiger charge is 2.19. The molecular weight excluding hydrogens is 238 g/mol. The summed E-state index contributed by atoms with van der Waals surface area (Å²) in [6.45, 7) is 12.0. The number of benzene rings is 1. The standard InChI is InChI=1S/C16H27NO2/c1-7-17-14(11-19-16(3,4)5)13-10-12(2)8-9-15(13)18-6/h8-10,14,17H,7,11H2,1-6H3. The predicted octanol–water partition coefficient (Wildman–Crippen LogP) is 3.47. The van der Waals surface area contributed by atoms with E-state index in [9.17, 15) is 0 Å². The molecule has 1 rings (SSSR count). The first-order valence-corrected chi connectivity index (χ1v) is 6.89. The minimum Gasteiger partial charge on any atom is -0.496 e. The molecule has 0 saturated carbocycles. The van der Waals surface area contributed by atoms with Gasteiger partial charge in [-0.15, -0.1) is 0 Å². The Morgan fingerprint density at radius 2 is 1.95 bits per heavy atom. The fourth-order valence-electron chi connectivity index (χ4n) is 1.96. The first-order chi connectivity index (χ1) is 8.87. The molecule has 1 atom stereocenters. The van der Waals surface area contributed by atoms with Crippen molar-refractivity contribution < 1.29 is 9.47 Å². The van der Waals surface area contributed by atoms with E-state index in [1.54, 1.807) is 7.11 Å². The molecule has 0 aliphatic carbocycles. The van der Waals surface area contributed by atoms with Crippen LogP contribution in [0.15, 0.2) is 18.2 Å². The summed E-state index contributed by atoms with van der Waals surface area (Å²) in [5.74, 6) is 0.911. The largest absolute Gasteiger partial charge is 0.496 e. The smallest absolute Gasteiger partial charge is 0.123 e. The molecule has 3 nitrogen and oxygen atoms in total. The second-order valence-electron chi connectivity index (χ2n) is 5.78. The van der Waals surface area contributed by atoms with E-state index in [2.05, 4.69) is 52.1 Å². The van der Waals surface area contributed by atoms with Gasteiger partial charge in [-0.25, -0.2) is 0 Å². The van der Waals surface area contributed by atoms with Gasteiger partial charge < -0.3 is 14.8 Å². The second kappa shape index (κ2) is 6.92. The monoisotopic (exact) mass is 265 g/mol. The number of hydrogen-bond donors (Lipinski definition) is 1. The van der Waals surface area contributed by atoms with Crippen molar-refractivity contribution in [1.82, 2.24) is 5.32 Å². The minimum absolute atomic E-state index is 0.134. The van der Waals surface area contributed by atoms with Crippen LogP contribution in [0.1, 0.15) is 44.9 Å². The summed E-state index contributed by atoms with van der Waals surface area (Å²) in [6, 6.07) is 6.40. The summed E-state index contributed by atoms with van der Waals surface area (Å²) in [6.07, 6.45) is 0. The van der Waals surface area contributed by atoms with Gasteiger partial charge in [-0.05, 0) is 40.3 Å². The lowest BCUT2D eigenvalue weighted by Crippen LogP contribution is -2.30. The number of methoxy groups -OCH3 is 1.